The van der Waals surface area contributed by atoms with Crippen molar-refractivity contribution < 1.29 is 43.7 Å². The number of ether oxygens (including phenoxy) is 1. The molecular formula is C9H15O9P. The molecule has 1 atom stereocenters. The number of carbonyl (C=O) groups excluding carboxylic acids is 1. The molecule has 110 valence electrons. The minimum Gasteiger partial charge on any atom is -0.481 e. The Morgan fingerprint density at radius 3 is 2.05 bits per heavy atom. The quantitative estimate of drug-likeness (QED) is 0.351. The Bertz CT molecular complexity index is 412. The number of esters is 1. The van der Waals surface area contributed by atoms with Crippen LogP contribution in [-0.4, -0.2) is 49.7 Å². The van der Waals surface area contributed by atoms with Gasteiger partial charge in [0.1, 0.15) is 0 Å². The van der Waals surface area contributed by atoms with Gasteiger partial charge >= 0.3 is 25.5 Å². The summed E-state index contributed by atoms with van der Waals surface area (Å²) >= 11 is 0. The molecule has 0 saturated heterocycles. The molecule has 0 aliphatic rings. The van der Waals surface area contributed by atoms with E-state index in [1.54, 1.807) is 0 Å². The molecule has 0 spiro atoms. The molecule has 0 aromatic heterocycles. The summed E-state index contributed by atoms with van der Waals surface area (Å²) in [6, 6.07) is 0. The molecule has 9 nitrogen and oxygen atoms in total. The lowest BCUT2D eigenvalue weighted by molar-refractivity contribution is -0.151. The molecule has 1 unspecified atom stereocenters. The maximum absolute atomic E-state index is 11.4. The molecule has 0 saturated carbocycles. The fourth-order valence-corrected chi connectivity index (χ4v) is 2.40. The van der Waals surface area contributed by atoms with Crippen molar-refractivity contribution in [1.82, 2.24) is 0 Å². The number of carbonyl (C=O) groups is 3. The van der Waals surface area contributed by atoms with E-state index < -0.39 is 49.9 Å². The van der Waals surface area contributed by atoms with E-state index in [0.717, 1.165) is 0 Å². The van der Waals surface area contributed by atoms with Crippen molar-refractivity contribution in [2.75, 3.05) is 6.61 Å². The molecule has 0 aliphatic heterocycles. The van der Waals surface area contributed by atoms with E-state index in [-0.39, 0.29) is 6.61 Å². The van der Waals surface area contributed by atoms with Gasteiger partial charge in [-0.25, -0.2) is 0 Å². The Kier molecular flexibility index (Phi) is 6.14. The minimum atomic E-state index is -5.26. The Morgan fingerprint density at radius 1 is 1.21 bits per heavy atom. The molecule has 0 bridgehead atoms. The van der Waals surface area contributed by atoms with E-state index >= 15 is 0 Å². The molecule has 10 heteroatoms. The third-order valence-corrected chi connectivity index (χ3v) is 4.14. The predicted octanol–water partition coefficient (Wildman–Crippen LogP) is -0.194. The fourth-order valence-electron chi connectivity index (χ4n) is 1.41. The average Bonchev–Trinajstić information content (AvgIpc) is 2.21. The standard InChI is InChI=1S/C9H15O9P/c1-2-18-7(12)5-9(8(13)14,19(15,16)17)4-3-6(10)11/h2-5H2,1H3,(H,10,11)(H,13,14)(H2,15,16,17). The zero-order chi connectivity index (χ0) is 15.3. The summed E-state index contributed by atoms with van der Waals surface area (Å²) in [5.41, 5.74) is 0. The van der Waals surface area contributed by atoms with Gasteiger partial charge in [-0.1, -0.05) is 0 Å². The van der Waals surface area contributed by atoms with Gasteiger partial charge in [-0.05, 0) is 13.3 Å². The Morgan fingerprint density at radius 2 is 1.74 bits per heavy atom. The Balaban J connectivity index is 5.40. The zero-order valence-corrected chi connectivity index (χ0v) is 11.0. The number of rotatable bonds is 8. The van der Waals surface area contributed by atoms with Gasteiger partial charge in [-0.2, -0.15) is 0 Å². The maximum atomic E-state index is 11.4. The van der Waals surface area contributed by atoms with E-state index in [2.05, 4.69) is 4.74 Å². The summed E-state index contributed by atoms with van der Waals surface area (Å²) in [5, 5.41) is 14.7. The second kappa shape index (κ2) is 6.65. The van der Waals surface area contributed by atoms with E-state index in [4.69, 9.17) is 20.0 Å². The van der Waals surface area contributed by atoms with E-state index in [0.29, 0.717) is 0 Å². The molecule has 0 radical (unpaired) electrons. The van der Waals surface area contributed by atoms with Crippen LogP contribution >= 0.6 is 7.60 Å². The average molecular weight is 298 g/mol. The van der Waals surface area contributed by atoms with Crippen molar-refractivity contribution in [3.63, 3.8) is 0 Å². The zero-order valence-electron chi connectivity index (χ0n) is 10.1. The van der Waals surface area contributed by atoms with Crippen LogP contribution in [0.4, 0.5) is 0 Å². The van der Waals surface area contributed by atoms with Crippen LogP contribution in [-0.2, 0) is 23.7 Å². The van der Waals surface area contributed by atoms with Gasteiger partial charge in [-0.3, -0.25) is 18.9 Å². The first-order valence-corrected chi connectivity index (χ1v) is 6.84. The first kappa shape index (κ1) is 17.6. The fraction of sp³-hybridized carbons (Fsp3) is 0.667. The van der Waals surface area contributed by atoms with Crippen LogP contribution < -0.4 is 0 Å². The topological polar surface area (TPSA) is 158 Å². The highest BCUT2D eigenvalue weighted by atomic mass is 31.2. The highest BCUT2D eigenvalue weighted by molar-refractivity contribution is 7.54. The summed E-state index contributed by atoms with van der Waals surface area (Å²) in [5.74, 6) is -4.48. The van der Waals surface area contributed by atoms with Crippen LogP contribution in [0.3, 0.4) is 0 Å². The summed E-state index contributed by atoms with van der Waals surface area (Å²) in [7, 11) is -5.26. The Labute approximate surface area is 108 Å². The second-order valence-corrected chi connectivity index (χ2v) is 5.70. The van der Waals surface area contributed by atoms with Crippen LogP contribution in [0, 0.1) is 0 Å². The lowest BCUT2D eigenvalue weighted by Crippen LogP contribution is -2.41. The first-order chi connectivity index (χ1) is 8.56. The minimum absolute atomic E-state index is 0.0887. The number of carboxylic acid groups (broad SMARTS) is 2. The van der Waals surface area contributed by atoms with E-state index in [9.17, 15) is 18.9 Å². The second-order valence-electron chi connectivity index (χ2n) is 3.76. The van der Waals surface area contributed by atoms with Crippen molar-refractivity contribution >= 4 is 25.5 Å². The lowest BCUT2D eigenvalue weighted by atomic mass is 9.98. The molecule has 0 aromatic rings. The smallest absolute Gasteiger partial charge is 0.343 e. The highest BCUT2D eigenvalue weighted by Crippen LogP contribution is 2.55. The molecule has 0 fully saturated rings. The van der Waals surface area contributed by atoms with E-state index in [1.807, 2.05) is 0 Å². The highest BCUT2D eigenvalue weighted by Gasteiger charge is 2.55. The van der Waals surface area contributed by atoms with E-state index in [1.165, 1.54) is 6.92 Å². The third-order valence-electron chi connectivity index (χ3n) is 2.45. The normalized spacial score (nSPS) is 14.5. The number of hydrogen-bond donors (Lipinski definition) is 4. The van der Waals surface area contributed by atoms with Crippen molar-refractivity contribution in [1.29, 1.82) is 0 Å². The van der Waals surface area contributed by atoms with Crippen LogP contribution in [0.15, 0.2) is 0 Å². The molecule has 0 heterocycles. The third kappa shape index (κ3) is 4.62. The van der Waals surface area contributed by atoms with Crippen LogP contribution in [0.5, 0.6) is 0 Å². The predicted molar refractivity (Wildman–Crippen MR) is 60.5 cm³/mol. The van der Waals surface area contributed by atoms with Crippen LogP contribution in [0.1, 0.15) is 26.2 Å². The number of carboxylic acids is 2. The van der Waals surface area contributed by atoms with Gasteiger partial charge in [-0.15, -0.1) is 0 Å². The molecule has 0 aromatic carbocycles. The monoisotopic (exact) mass is 298 g/mol. The largest absolute Gasteiger partial charge is 0.481 e. The Hall–Kier alpha value is -1.44. The van der Waals surface area contributed by atoms with Gasteiger partial charge < -0.3 is 24.7 Å². The number of hydrogen-bond acceptors (Lipinski definition) is 5. The molecule has 19 heavy (non-hydrogen) atoms. The molecule has 4 N–H and O–H groups in total. The van der Waals surface area contributed by atoms with Crippen LogP contribution in [0.2, 0.25) is 0 Å². The van der Waals surface area contributed by atoms with Crippen molar-refractivity contribution in [3.8, 4) is 0 Å². The SMILES string of the molecule is CCOC(=O)CC(CCC(=O)O)(C(=O)O)P(=O)(O)O. The molecular weight excluding hydrogens is 283 g/mol. The van der Waals surface area contributed by atoms with Gasteiger partial charge in [0, 0.05) is 6.42 Å². The maximum Gasteiger partial charge on any atom is 0.343 e. The number of aliphatic carboxylic acids is 2. The van der Waals surface area contributed by atoms with Crippen molar-refractivity contribution in [2.24, 2.45) is 0 Å². The molecule has 0 amide bonds. The summed E-state index contributed by atoms with van der Waals surface area (Å²) in [6.45, 7) is 1.35. The molecule has 0 aliphatic carbocycles. The van der Waals surface area contributed by atoms with Crippen LogP contribution in [0.25, 0.3) is 0 Å². The summed E-state index contributed by atoms with van der Waals surface area (Å²) < 4.78 is 15.8. The summed E-state index contributed by atoms with van der Waals surface area (Å²) in [4.78, 5) is 51.2. The molecule has 0 rings (SSSR count). The lowest BCUT2D eigenvalue weighted by Gasteiger charge is -2.28. The van der Waals surface area contributed by atoms with Crippen molar-refractivity contribution in [3.05, 3.63) is 0 Å². The van der Waals surface area contributed by atoms with Gasteiger partial charge in [0.25, 0.3) is 0 Å². The van der Waals surface area contributed by atoms with Crippen molar-refractivity contribution in [2.45, 2.75) is 31.3 Å². The van der Waals surface area contributed by atoms with Gasteiger partial charge in [0.05, 0.1) is 13.0 Å². The van der Waals surface area contributed by atoms with Gasteiger partial charge in [0.2, 0.25) is 0 Å². The van der Waals surface area contributed by atoms with Gasteiger partial charge in [0.15, 0.2) is 5.16 Å². The first-order valence-electron chi connectivity index (χ1n) is 5.23. The summed E-state index contributed by atoms with van der Waals surface area (Å²) in [6.07, 6.45) is -2.76.